The molecular formula is C36H40ClFN4O3. The highest BCUT2D eigenvalue weighted by Crippen LogP contribution is 2.43. The van der Waals surface area contributed by atoms with Crippen molar-refractivity contribution >= 4 is 45.2 Å². The summed E-state index contributed by atoms with van der Waals surface area (Å²) in [6.07, 6.45) is 8.07. The Morgan fingerprint density at radius 1 is 1.02 bits per heavy atom. The van der Waals surface area contributed by atoms with Gasteiger partial charge in [0.2, 0.25) is 0 Å². The number of hydrogen-bond donors (Lipinski definition) is 1. The monoisotopic (exact) mass is 630 g/mol. The molecular weight excluding hydrogens is 591 g/mol. The molecule has 1 aromatic heterocycles. The number of ether oxygens (including phenoxy) is 1. The molecule has 0 radical (unpaired) electrons. The van der Waals surface area contributed by atoms with Crippen LogP contribution in [0.5, 0.6) is 5.75 Å². The van der Waals surface area contributed by atoms with E-state index in [0.29, 0.717) is 48.0 Å². The number of piperazine rings is 1. The second-order valence-electron chi connectivity index (χ2n) is 14.0. The molecule has 2 bridgehead atoms. The first kappa shape index (κ1) is 30.0. The fourth-order valence-electron chi connectivity index (χ4n) is 7.65. The largest absolute Gasteiger partial charge is 0.508 e. The standard InChI is InChI=1S/C36H40ClFN4O3/c1-36(2,3)45-35(44)42-23-13-14-24(42)20-41(19-23)34-28-18-29(37)31(27-17-25(43)16-22-10-6-7-11-26(22)27)32(38)33(28)39-30(40-34)15-12-21-8-4-5-9-21/h6-7,10-11,16-18,21,23-24,43H,4-5,8-9,12-15,19-20H2,1-3H3. The molecule has 9 heteroatoms. The number of amides is 1. The maximum atomic E-state index is 16.9. The first-order valence-corrected chi connectivity index (χ1v) is 16.6. The molecule has 4 aromatic rings. The smallest absolute Gasteiger partial charge is 0.410 e. The van der Waals surface area contributed by atoms with Gasteiger partial charge in [-0.2, -0.15) is 0 Å². The lowest BCUT2D eigenvalue weighted by atomic mass is 9.96. The molecule has 1 saturated carbocycles. The number of phenols is 1. The zero-order valence-corrected chi connectivity index (χ0v) is 26.9. The number of nitrogens with zero attached hydrogens (tertiary/aromatic N) is 4. The number of carbonyl (C=O) groups is 1. The number of halogens is 2. The van der Waals surface area contributed by atoms with E-state index >= 15 is 4.39 Å². The number of fused-ring (bicyclic) bond motifs is 4. The van der Waals surface area contributed by atoms with E-state index in [4.69, 9.17) is 26.3 Å². The molecule has 1 amide bonds. The third-order valence-corrected chi connectivity index (χ3v) is 9.96. The Morgan fingerprint density at radius 3 is 2.44 bits per heavy atom. The van der Waals surface area contributed by atoms with Crippen molar-refractivity contribution in [2.24, 2.45) is 5.92 Å². The van der Waals surface area contributed by atoms with Crippen LogP contribution in [0.2, 0.25) is 5.02 Å². The van der Waals surface area contributed by atoms with Gasteiger partial charge < -0.3 is 14.7 Å². The second-order valence-corrected chi connectivity index (χ2v) is 14.4. The van der Waals surface area contributed by atoms with Gasteiger partial charge in [-0.15, -0.1) is 0 Å². The minimum absolute atomic E-state index is 0.0243. The van der Waals surface area contributed by atoms with Crippen molar-refractivity contribution in [3.8, 4) is 16.9 Å². The van der Waals surface area contributed by atoms with Gasteiger partial charge in [0.25, 0.3) is 0 Å². The third kappa shape index (κ3) is 5.78. The Bertz CT molecular complexity index is 1770. The van der Waals surface area contributed by atoms with Crippen molar-refractivity contribution in [3.63, 3.8) is 0 Å². The fraction of sp³-hybridized carbons (Fsp3) is 0.472. The predicted octanol–water partition coefficient (Wildman–Crippen LogP) is 8.66. The number of aromatic nitrogens is 2. The zero-order valence-electron chi connectivity index (χ0n) is 26.2. The number of aryl methyl sites for hydroxylation is 1. The lowest BCUT2D eigenvalue weighted by molar-refractivity contribution is 0.0123. The molecule has 2 aliphatic heterocycles. The van der Waals surface area contributed by atoms with E-state index in [1.54, 1.807) is 18.2 Å². The highest BCUT2D eigenvalue weighted by molar-refractivity contribution is 6.35. The molecule has 0 spiro atoms. The molecule has 2 saturated heterocycles. The van der Waals surface area contributed by atoms with Crippen LogP contribution in [0.15, 0.2) is 42.5 Å². The minimum Gasteiger partial charge on any atom is -0.508 e. The quantitative estimate of drug-likeness (QED) is 0.238. The molecule has 236 valence electrons. The highest BCUT2D eigenvalue weighted by Gasteiger charge is 2.45. The van der Waals surface area contributed by atoms with Crippen molar-refractivity contribution in [1.29, 1.82) is 0 Å². The van der Waals surface area contributed by atoms with Crippen LogP contribution in [0.4, 0.5) is 15.0 Å². The molecule has 7 rings (SSSR count). The number of anilines is 1. The number of rotatable bonds is 5. The van der Waals surface area contributed by atoms with Crippen molar-refractivity contribution < 1.29 is 19.0 Å². The Balaban J connectivity index is 1.32. The minimum atomic E-state index is -0.572. The average molecular weight is 631 g/mol. The summed E-state index contributed by atoms with van der Waals surface area (Å²) in [4.78, 5) is 27.1. The SMILES string of the molecule is CC(C)(C)OC(=O)N1C2CCC1CN(c1nc(CCC3CCCC3)nc3c(F)c(-c4cc(O)cc5ccccc45)c(Cl)cc13)C2. The maximum Gasteiger partial charge on any atom is 0.410 e. The van der Waals surface area contributed by atoms with Crippen molar-refractivity contribution in [2.75, 3.05) is 18.0 Å². The summed E-state index contributed by atoms with van der Waals surface area (Å²) in [7, 11) is 0. The molecule has 45 heavy (non-hydrogen) atoms. The van der Waals surface area contributed by atoms with E-state index in [0.717, 1.165) is 30.0 Å². The lowest BCUT2D eigenvalue weighted by Crippen LogP contribution is -2.57. The van der Waals surface area contributed by atoms with Gasteiger partial charge in [0, 0.05) is 30.5 Å². The van der Waals surface area contributed by atoms with Crippen LogP contribution in [-0.2, 0) is 11.2 Å². The lowest BCUT2D eigenvalue weighted by Gasteiger charge is -2.42. The van der Waals surface area contributed by atoms with Gasteiger partial charge in [-0.3, -0.25) is 4.90 Å². The highest BCUT2D eigenvalue weighted by atomic mass is 35.5. The summed E-state index contributed by atoms with van der Waals surface area (Å²) in [5.74, 6) is 1.45. The van der Waals surface area contributed by atoms with Crippen LogP contribution in [0.1, 0.15) is 71.5 Å². The van der Waals surface area contributed by atoms with Gasteiger partial charge >= 0.3 is 6.09 Å². The van der Waals surface area contributed by atoms with Gasteiger partial charge in [0.15, 0.2) is 5.82 Å². The van der Waals surface area contributed by atoms with E-state index in [-0.39, 0.29) is 40.0 Å². The second kappa shape index (κ2) is 11.6. The van der Waals surface area contributed by atoms with Gasteiger partial charge in [-0.05, 0) is 80.5 Å². The van der Waals surface area contributed by atoms with Gasteiger partial charge in [-0.25, -0.2) is 19.2 Å². The number of phenolic OH excluding ortho intramolecular Hbond substituents is 1. The topological polar surface area (TPSA) is 78.8 Å². The maximum absolute atomic E-state index is 16.9. The average Bonchev–Trinajstić information content (AvgIpc) is 3.60. The van der Waals surface area contributed by atoms with Gasteiger partial charge in [0.05, 0.1) is 17.1 Å². The van der Waals surface area contributed by atoms with E-state index < -0.39 is 11.4 Å². The van der Waals surface area contributed by atoms with E-state index in [9.17, 15) is 9.90 Å². The Labute approximate surface area is 268 Å². The van der Waals surface area contributed by atoms with Crippen LogP contribution in [0.25, 0.3) is 32.8 Å². The fourth-order valence-corrected chi connectivity index (χ4v) is 7.94. The van der Waals surface area contributed by atoms with Crippen molar-refractivity contribution in [1.82, 2.24) is 14.9 Å². The molecule has 1 N–H and O–H groups in total. The molecule has 7 nitrogen and oxygen atoms in total. The van der Waals surface area contributed by atoms with E-state index in [2.05, 4.69) is 4.90 Å². The van der Waals surface area contributed by atoms with Gasteiger partial charge in [-0.1, -0.05) is 61.5 Å². The van der Waals surface area contributed by atoms with Crippen LogP contribution in [0, 0.1) is 11.7 Å². The third-order valence-electron chi connectivity index (χ3n) is 9.66. The van der Waals surface area contributed by atoms with E-state index in [1.807, 2.05) is 49.9 Å². The predicted molar refractivity (Wildman–Crippen MR) is 176 cm³/mol. The summed E-state index contributed by atoms with van der Waals surface area (Å²) in [5, 5.41) is 12.9. The van der Waals surface area contributed by atoms with Crippen LogP contribution in [-0.4, -0.2) is 56.8 Å². The molecule has 3 heterocycles. The molecule has 3 fully saturated rings. The number of hydrogen-bond acceptors (Lipinski definition) is 6. The summed E-state index contributed by atoms with van der Waals surface area (Å²) in [5.41, 5.74) is 0.400. The molecule has 2 atom stereocenters. The normalized spacial score (nSPS) is 20.5. The molecule has 1 aliphatic carbocycles. The van der Waals surface area contributed by atoms with Crippen LogP contribution in [0.3, 0.4) is 0 Å². The summed E-state index contributed by atoms with van der Waals surface area (Å²) in [6.45, 7) is 6.80. The first-order valence-electron chi connectivity index (χ1n) is 16.2. The molecule has 2 unspecified atom stereocenters. The summed E-state index contributed by atoms with van der Waals surface area (Å²) < 4.78 is 22.6. The Hall–Kier alpha value is -3.65. The summed E-state index contributed by atoms with van der Waals surface area (Å²) >= 11 is 6.92. The Kier molecular flexibility index (Phi) is 7.75. The van der Waals surface area contributed by atoms with Crippen molar-refractivity contribution in [3.05, 3.63) is 59.1 Å². The number of carbonyl (C=O) groups excluding carboxylic acids is 1. The molecule has 3 aromatic carbocycles. The summed E-state index contributed by atoms with van der Waals surface area (Å²) in [6, 6.07) is 12.5. The number of benzene rings is 3. The van der Waals surface area contributed by atoms with Crippen molar-refractivity contribution in [2.45, 2.75) is 89.8 Å². The number of aromatic hydroxyl groups is 1. The molecule has 3 aliphatic rings. The first-order chi connectivity index (χ1) is 21.6. The van der Waals surface area contributed by atoms with Crippen LogP contribution < -0.4 is 4.90 Å². The zero-order chi connectivity index (χ0) is 31.5. The van der Waals surface area contributed by atoms with E-state index in [1.165, 1.54) is 25.7 Å². The van der Waals surface area contributed by atoms with Crippen LogP contribution >= 0.6 is 11.6 Å². The van der Waals surface area contributed by atoms with Gasteiger partial charge in [0.1, 0.15) is 28.5 Å². The Morgan fingerprint density at radius 2 is 1.73 bits per heavy atom.